The third-order valence-corrected chi connectivity index (χ3v) is 5.10. The van der Waals surface area contributed by atoms with Crippen molar-refractivity contribution in [1.29, 1.82) is 0 Å². The summed E-state index contributed by atoms with van der Waals surface area (Å²) in [5.41, 5.74) is -0.483. The number of hydrogen-bond acceptors (Lipinski definition) is 2. The molecule has 0 spiro atoms. The molecule has 0 amide bonds. The molecule has 3 heteroatoms. The summed E-state index contributed by atoms with van der Waals surface area (Å²) in [5, 5.41) is 13.3. The number of rotatable bonds is 4. The number of carboxylic acid groups (broad SMARTS) is 1. The van der Waals surface area contributed by atoms with E-state index in [2.05, 4.69) is 5.32 Å². The maximum atomic E-state index is 11.7. The van der Waals surface area contributed by atoms with E-state index in [9.17, 15) is 9.90 Å². The van der Waals surface area contributed by atoms with E-state index in [1.807, 2.05) is 0 Å². The van der Waals surface area contributed by atoms with Crippen molar-refractivity contribution in [3.8, 4) is 0 Å². The van der Waals surface area contributed by atoms with E-state index in [4.69, 9.17) is 0 Å². The molecule has 2 aliphatic rings. The van der Waals surface area contributed by atoms with Crippen molar-refractivity contribution >= 4 is 5.97 Å². The minimum atomic E-state index is -0.574. The van der Waals surface area contributed by atoms with Crippen LogP contribution in [-0.2, 0) is 4.79 Å². The van der Waals surface area contributed by atoms with Gasteiger partial charge in [0.2, 0.25) is 0 Å². The van der Waals surface area contributed by atoms with Crippen LogP contribution in [0.4, 0.5) is 0 Å². The summed E-state index contributed by atoms with van der Waals surface area (Å²) >= 11 is 0. The van der Waals surface area contributed by atoms with Gasteiger partial charge < -0.3 is 10.4 Å². The summed E-state index contributed by atoms with van der Waals surface area (Å²) in [6.45, 7) is 0.687. The van der Waals surface area contributed by atoms with Crippen molar-refractivity contribution in [3.63, 3.8) is 0 Å². The highest BCUT2D eigenvalue weighted by atomic mass is 16.4. The van der Waals surface area contributed by atoms with Gasteiger partial charge in [-0.05, 0) is 25.7 Å². The number of hydrogen-bond donors (Lipinski definition) is 2. The average molecular weight is 267 g/mol. The van der Waals surface area contributed by atoms with Gasteiger partial charge in [-0.1, -0.05) is 51.4 Å². The zero-order valence-corrected chi connectivity index (χ0v) is 12.1. The largest absolute Gasteiger partial charge is 0.481 e. The van der Waals surface area contributed by atoms with Gasteiger partial charge >= 0.3 is 5.97 Å². The Bertz CT molecular complexity index is 274. The Labute approximate surface area is 117 Å². The second-order valence-corrected chi connectivity index (χ2v) is 6.57. The summed E-state index contributed by atoms with van der Waals surface area (Å²) in [6.07, 6.45) is 14.1. The van der Waals surface area contributed by atoms with Crippen molar-refractivity contribution in [3.05, 3.63) is 0 Å². The first-order chi connectivity index (χ1) is 9.23. The molecule has 2 saturated carbocycles. The van der Waals surface area contributed by atoms with Gasteiger partial charge in [0, 0.05) is 12.6 Å². The molecule has 0 radical (unpaired) electrons. The quantitative estimate of drug-likeness (QED) is 0.763. The SMILES string of the molecule is O=C(O)C1(CNC2CCCCCC2)CCCCCC1. The first kappa shape index (κ1) is 14.8. The minimum absolute atomic E-state index is 0.483. The Morgan fingerprint density at radius 1 is 0.947 bits per heavy atom. The molecule has 0 aliphatic heterocycles. The molecular weight excluding hydrogens is 238 g/mol. The van der Waals surface area contributed by atoms with Gasteiger partial charge in [-0.3, -0.25) is 4.79 Å². The van der Waals surface area contributed by atoms with Gasteiger partial charge in [0.25, 0.3) is 0 Å². The first-order valence-electron chi connectivity index (χ1n) is 8.20. The molecule has 110 valence electrons. The molecule has 0 aromatic heterocycles. The van der Waals surface area contributed by atoms with Crippen LogP contribution in [0.15, 0.2) is 0 Å². The Morgan fingerprint density at radius 3 is 2.00 bits per heavy atom. The second kappa shape index (κ2) is 7.28. The van der Waals surface area contributed by atoms with E-state index in [0.717, 1.165) is 25.7 Å². The molecule has 0 bridgehead atoms. The van der Waals surface area contributed by atoms with Gasteiger partial charge in [-0.15, -0.1) is 0 Å². The lowest BCUT2D eigenvalue weighted by atomic mass is 9.80. The fraction of sp³-hybridized carbons (Fsp3) is 0.938. The third-order valence-electron chi connectivity index (χ3n) is 5.10. The smallest absolute Gasteiger partial charge is 0.310 e. The van der Waals surface area contributed by atoms with Crippen LogP contribution in [0, 0.1) is 5.41 Å². The van der Waals surface area contributed by atoms with Crippen molar-refractivity contribution < 1.29 is 9.90 Å². The topological polar surface area (TPSA) is 49.3 Å². The molecule has 0 aromatic rings. The highest BCUT2D eigenvalue weighted by Gasteiger charge is 2.38. The van der Waals surface area contributed by atoms with Crippen LogP contribution < -0.4 is 5.32 Å². The predicted octanol–water partition coefficient (Wildman–Crippen LogP) is 3.72. The second-order valence-electron chi connectivity index (χ2n) is 6.57. The number of carboxylic acids is 1. The van der Waals surface area contributed by atoms with Gasteiger partial charge in [-0.2, -0.15) is 0 Å². The molecule has 2 fully saturated rings. The molecule has 0 atom stereocenters. The summed E-state index contributed by atoms with van der Waals surface area (Å²) in [4.78, 5) is 11.7. The molecule has 0 aromatic carbocycles. The zero-order valence-electron chi connectivity index (χ0n) is 12.1. The predicted molar refractivity (Wildman–Crippen MR) is 77.3 cm³/mol. The van der Waals surface area contributed by atoms with Crippen LogP contribution >= 0.6 is 0 Å². The van der Waals surface area contributed by atoms with Gasteiger partial charge in [0.15, 0.2) is 0 Å². The molecular formula is C16H29NO2. The molecule has 2 rings (SSSR count). The first-order valence-corrected chi connectivity index (χ1v) is 8.20. The van der Waals surface area contributed by atoms with Crippen LogP contribution in [0.25, 0.3) is 0 Å². The summed E-state index contributed by atoms with van der Waals surface area (Å²) in [5.74, 6) is -0.574. The van der Waals surface area contributed by atoms with Crippen molar-refractivity contribution in [2.75, 3.05) is 6.54 Å². The van der Waals surface area contributed by atoms with Crippen LogP contribution in [0.1, 0.15) is 77.0 Å². The summed E-state index contributed by atoms with van der Waals surface area (Å²) in [6, 6.07) is 0.557. The van der Waals surface area contributed by atoms with E-state index in [-0.39, 0.29) is 0 Å². The highest BCUT2D eigenvalue weighted by molar-refractivity contribution is 5.75. The third kappa shape index (κ3) is 4.20. The minimum Gasteiger partial charge on any atom is -0.481 e. The molecule has 2 aliphatic carbocycles. The van der Waals surface area contributed by atoms with Crippen LogP contribution in [0.5, 0.6) is 0 Å². The van der Waals surface area contributed by atoms with E-state index in [1.165, 1.54) is 51.4 Å². The van der Waals surface area contributed by atoms with Gasteiger partial charge in [0.05, 0.1) is 5.41 Å². The highest BCUT2D eigenvalue weighted by Crippen LogP contribution is 2.35. The van der Waals surface area contributed by atoms with E-state index >= 15 is 0 Å². The van der Waals surface area contributed by atoms with E-state index < -0.39 is 11.4 Å². The monoisotopic (exact) mass is 267 g/mol. The molecule has 3 nitrogen and oxygen atoms in total. The molecule has 0 heterocycles. The molecule has 2 N–H and O–H groups in total. The van der Waals surface area contributed by atoms with E-state index in [0.29, 0.717) is 12.6 Å². The Morgan fingerprint density at radius 2 is 1.47 bits per heavy atom. The lowest BCUT2D eigenvalue weighted by molar-refractivity contribution is -0.149. The summed E-state index contributed by atoms with van der Waals surface area (Å²) in [7, 11) is 0. The fourth-order valence-corrected chi connectivity index (χ4v) is 3.69. The summed E-state index contributed by atoms with van der Waals surface area (Å²) < 4.78 is 0. The van der Waals surface area contributed by atoms with Gasteiger partial charge in [0.1, 0.15) is 0 Å². The van der Waals surface area contributed by atoms with Crippen LogP contribution in [0.2, 0.25) is 0 Å². The fourth-order valence-electron chi connectivity index (χ4n) is 3.69. The lowest BCUT2D eigenvalue weighted by Gasteiger charge is -2.30. The Hall–Kier alpha value is -0.570. The van der Waals surface area contributed by atoms with Crippen molar-refractivity contribution in [2.45, 2.75) is 83.1 Å². The Balaban J connectivity index is 1.90. The van der Waals surface area contributed by atoms with Gasteiger partial charge in [-0.25, -0.2) is 0 Å². The average Bonchev–Trinajstić information content (AvgIpc) is 2.80. The zero-order chi connectivity index (χ0) is 13.6. The maximum absolute atomic E-state index is 11.7. The number of aliphatic carboxylic acids is 1. The van der Waals surface area contributed by atoms with Crippen LogP contribution in [-0.4, -0.2) is 23.7 Å². The van der Waals surface area contributed by atoms with Crippen molar-refractivity contribution in [1.82, 2.24) is 5.32 Å². The number of nitrogens with one attached hydrogen (secondary N) is 1. The molecule has 0 unspecified atom stereocenters. The van der Waals surface area contributed by atoms with Crippen LogP contribution in [0.3, 0.4) is 0 Å². The van der Waals surface area contributed by atoms with E-state index in [1.54, 1.807) is 0 Å². The normalized spacial score (nSPS) is 25.5. The molecule has 19 heavy (non-hydrogen) atoms. The standard InChI is InChI=1S/C16H29NO2/c18-15(19)16(11-7-3-4-8-12-16)13-17-14-9-5-1-2-6-10-14/h14,17H,1-13H2,(H,18,19). The Kier molecular flexibility index (Phi) is 5.68. The lowest BCUT2D eigenvalue weighted by Crippen LogP contribution is -2.44. The van der Waals surface area contributed by atoms with Crippen molar-refractivity contribution in [2.24, 2.45) is 5.41 Å². The maximum Gasteiger partial charge on any atom is 0.310 e. The number of carbonyl (C=O) groups is 1. The molecule has 0 saturated heterocycles.